The molecule has 0 unspecified atom stereocenters. The van der Waals surface area contributed by atoms with Gasteiger partial charge in [0.05, 0.1) is 34.9 Å². The molecular weight excluding hydrogens is 400 g/mol. The quantitative estimate of drug-likeness (QED) is 0.512. The number of benzene rings is 1. The molecule has 1 aliphatic heterocycles. The predicted octanol–water partition coefficient (Wildman–Crippen LogP) is 2.36. The Hall–Kier alpha value is -1.29. The minimum Gasteiger partial charge on any atom is -0.469 e. The molecule has 0 radical (unpaired) electrons. The van der Waals surface area contributed by atoms with Gasteiger partial charge in [-0.25, -0.2) is 8.42 Å². The van der Waals surface area contributed by atoms with Crippen LogP contribution < -0.4 is 5.32 Å². The summed E-state index contributed by atoms with van der Waals surface area (Å²) in [6.45, 7) is 1.01. The molecule has 0 aliphatic carbocycles. The summed E-state index contributed by atoms with van der Waals surface area (Å²) in [6, 6.07) is 4.29. The van der Waals surface area contributed by atoms with Crippen LogP contribution in [-0.4, -0.2) is 56.3 Å². The number of hydrogen-bond donors (Lipinski definition) is 1. The summed E-state index contributed by atoms with van der Waals surface area (Å²) in [5, 5.41) is 2.89. The topological polar surface area (TPSA) is 92.8 Å². The Labute approximate surface area is 162 Å². The molecule has 0 atom stereocenters. The van der Waals surface area contributed by atoms with Gasteiger partial charge in [-0.3, -0.25) is 9.59 Å². The van der Waals surface area contributed by atoms with Gasteiger partial charge in [-0.2, -0.15) is 16.1 Å². The van der Waals surface area contributed by atoms with Crippen molar-refractivity contribution >= 4 is 50.9 Å². The third-order valence-electron chi connectivity index (χ3n) is 3.83. The summed E-state index contributed by atoms with van der Waals surface area (Å²) in [5.41, 5.74) is 0.255. The number of amides is 1. The molecule has 0 bridgehead atoms. The molecule has 1 amide bonds. The average molecular weight is 421 g/mol. The number of halogens is 1. The Morgan fingerprint density at radius 2 is 2.00 bits per heavy atom. The van der Waals surface area contributed by atoms with Crippen molar-refractivity contribution in [1.29, 1.82) is 0 Å². The van der Waals surface area contributed by atoms with E-state index in [1.165, 1.54) is 41.4 Å². The van der Waals surface area contributed by atoms with E-state index in [9.17, 15) is 18.0 Å². The van der Waals surface area contributed by atoms with Crippen molar-refractivity contribution in [2.24, 2.45) is 0 Å². The lowest BCUT2D eigenvalue weighted by atomic mass is 10.3. The number of ether oxygens (including phenoxy) is 1. The fourth-order valence-corrected chi connectivity index (χ4v) is 4.87. The van der Waals surface area contributed by atoms with E-state index in [0.717, 1.165) is 12.8 Å². The summed E-state index contributed by atoms with van der Waals surface area (Å²) in [5.74, 6) is -0.0774. The van der Waals surface area contributed by atoms with E-state index in [1.54, 1.807) is 0 Å². The van der Waals surface area contributed by atoms with Gasteiger partial charge in [0.1, 0.15) is 0 Å². The Morgan fingerprint density at radius 1 is 1.31 bits per heavy atom. The minimum atomic E-state index is -3.58. The van der Waals surface area contributed by atoms with E-state index < -0.39 is 10.0 Å². The van der Waals surface area contributed by atoms with E-state index in [2.05, 4.69) is 10.1 Å². The first-order chi connectivity index (χ1) is 12.3. The molecule has 7 nitrogen and oxygen atoms in total. The number of esters is 1. The number of nitrogens with one attached hydrogen (secondary N) is 1. The lowest BCUT2D eigenvalue weighted by molar-refractivity contribution is -0.140. The molecule has 1 aromatic carbocycles. The maximum Gasteiger partial charge on any atom is 0.306 e. The number of nitrogens with zero attached hydrogens (tertiary/aromatic N) is 1. The number of anilines is 1. The number of hydrogen-bond acceptors (Lipinski definition) is 6. The van der Waals surface area contributed by atoms with Gasteiger partial charge in [-0.05, 0) is 31.0 Å². The number of thioether (sulfide) groups is 1. The van der Waals surface area contributed by atoms with E-state index in [4.69, 9.17) is 11.6 Å². The highest BCUT2D eigenvalue weighted by molar-refractivity contribution is 7.99. The number of methoxy groups -OCH3 is 1. The van der Waals surface area contributed by atoms with Gasteiger partial charge in [0.2, 0.25) is 15.9 Å². The fourth-order valence-electron chi connectivity index (χ4n) is 2.45. The van der Waals surface area contributed by atoms with E-state index in [0.29, 0.717) is 18.8 Å². The minimum absolute atomic E-state index is 0.109. The van der Waals surface area contributed by atoms with Gasteiger partial charge in [-0.15, -0.1) is 0 Å². The zero-order chi connectivity index (χ0) is 19.2. The van der Waals surface area contributed by atoms with Crippen molar-refractivity contribution in [2.75, 3.05) is 37.0 Å². The largest absolute Gasteiger partial charge is 0.469 e. The first-order valence-electron chi connectivity index (χ1n) is 8.08. The van der Waals surface area contributed by atoms with Crippen LogP contribution in [0.2, 0.25) is 5.02 Å². The zero-order valence-electron chi connectivity index (χ0n) is 14.4. The maximum atomic E-state index is 12.6. The molecule has 0 saturated carbocycles. The zero-order valence-corrected chi connectivity index (χ0v) is 16.8. The van der Waals surface area contributed by atoms with Crippen LogP contribution in [-0.2, 0) is 24.3 Å². The smallest absolute Gasteiger partial charge is 0.306 e. The molecule has 1 aromatic rings. The highest BCUT2D eigenvalue weighted by Crippen LogP contribution is 2.28. The second-order valence-electron chi connectivity index (χ2n) is 5.68. The molecule has 1 saturated heterocycles. The SMILES string of the molecule is COC(=O)CCSCC(=O)Nc1cc(S(=O)(=O)N2CCCC2)ccc1Cl. The van der Waals surface area contributed by atoms with Crippen molar-refractivity contribution < 1.29 is 22.7 Å². The normalized spacial score (nSPS) is 15.0. The third kappa shape index (κ3) is 5.60. The van der Waals surface area contributed by atoms with Crippen molar-refractivity contribution in [1.82, 2.24) is 4.31 Å². The number of rotatable bonds is 8. The predicted molar refractivity (Wildman–Crippen MR) is 102 cm³/mol. The lowest BCUT2D eigenvalue weighted by Gasteiger charge is -2.16. The highest BCUT2D eigenvalue weighted by Gasteiger charge is 2.27. The molecule has 144 valence electrons. The van der Waals surface area contributed by atoms with Crippen LogP contribution in [0.15, 0.2) is 23.1 Å². The molecule has 26 heavy (non-hydrogen) atoms. The van der Waals surface area contributed by atoms with Crippen LogP contribution in [0.4, 0.5) is 5.69 Å². The number of carbonyl (C=O) groups is 2. The lowest BCUT2D eigenvalue weighted by Crippen LogP contribution is -2.28. The Balaban J connectivity index is 1.98. The van der Waals surface area contributed by atoms with Gasteiger partial charge in [0, 0.05) is 18.8 Å². The summed E-state index contributed by atoms with van der Waals surface area (Å²) < 4.78 is 31.2. The van der Waals surface area contributed by atoms with Crippen molar-refractivity contribution in [3.63, 3.8) is 0 Å². The first kappa shape index (κ1) is 21.0. The Kier molecular flexibility index (Phi) is 7.75. The summed E-state index contributed by atoms with van der Waals surface area (Å²) in [6.07, 6.45) is 1.91. The Bertz CT molecular complexity index is 764. The molecule has 1 heterocycles. The number of carbonyl (C=O) groups excluding carboxylic acids is 2. The second-order valence-corrected chi connectivity index (χ2v) is 9.13. The van der Waals surface area contributed by atoms with E-state index in [1.807, 2.05) is 0 Å². The van der Waals surface area contributed by atoms with Crippen LogP contribution in [0, 0.1) is 0 Å². The average Bonchev–Trinajstić information content (AvgIpc) is 3.15. The van der Waals surface area contributed by atoms with Gasteiger partial charge < -0.3 is 10.1 Å². The number of sulfonamides is 1. The van der Waals surface area contributed by atoms with Gasteiger partial charge >= 0.3 is 5.97 Å². The summed E-state index contributed by atoms with van der Waals surface area (Å²) in [7, 11) is -2.27. The van der Waals surface area contributed by atoms with Crippen LogP contribution in [0.5, 0.6) is 0 Å². The second kappa shape index (κ2) is 9.59. The summed E-state index contributed by atoms with van der Waals surface area (Å²) >= 11 is 7.36. The van der Waals surface area contributed by atoms with Crippen LogP contribution in [0.25, 0.3) is 0 Å². The highest BCUT2D eigenvalue weighted by atomic mass is 35.5. The van der Waals surface area contributed by atoms with Crippen LogP contribution >= 0.6 is 23.4 Å². The van der Waals surface area contributed by atoms with Gasteiger partial charge in [-0.1, -0.05) is 11.6 Å². The monoisotopic (exact) mass is 420 g/mol. The van der Waals surface area contributed by atoms with E-state index >= 15 is 0 Å². The molecule has 1 aliphatic rings. The van der Waals surface area contributed by atoms with E-state index in [-0.39, 0.29) is 39.7 Å². The molecule has 2 rings (SSSR count). The molecule has 1 N–H and O–H groups in total. The third-order valence-corrected chi connectivity index (χ3v) is 7.01. The van der Waals surface area contributed by atoms with Gasteiger partial charge in [0.15, 0.2) is 0 Å². The van der Waals surface area contributed by atoms with Crippen LogP contribution in [0.1, 0.15) is 19.3 Å². The van der Waals surface area contributed by atoms with Crippen molar-refractivity contribution in [3.05, 3.63) is 23.2 Å². The first-order valence-corrected chi connectivity index (χ1v) is 11.1. The molecule has 1 fully saturated rings. The van der Waals surface area contributed by atoms with Crippen molar-refractivity contribution in [3.8, 4) is 0 Å². The molecule has 0 aromatic heterocycles. The summed E-state index contributed by atoms with van der Waals surface area (Å²) in [4.78, 5) is 23.2. The molecular formula is C16H21ClN2O5S2. The standard InChI is InChI=1S/C16H21ClN2O5S2/c1-24-16(21)6-9-25-11-15(20)18-14-10-12(4-5-13(14)17)26(22,23)19-7-2-3-8-19/h4-5,10H,2-3,6-9,11H2,1H3,(H,18,20). The maximum absolute atomic E-state index is 12.6. The van der Waals surface area contributed by atoms with Crippen LogP contribution in [0.3, 0.4) is 0 Å². The molecule has 10 heteroatoms. The van der Waals surface area contributed by atoms with Crippen molar-refractivity contribution in [2.45, 2.75) is 24.2 Å². The molecule has 0 spiro atoms. The Morgan fingerprint density at radius 3 is 2.65 bits per heavy atom. The van der Waals surface area contributed by atoms with Gasteiger partial charge in [0.25, 0.3) is 0 Å². The fraction of sp³-hybridized carbons (Fsp3) is 0.500.